The van der Waals surface area contributed by atoms with Gasteiger partial charge in [-0.15, -0.1) is 0 Å². The summed E-state index contributed by atoms with van der Waals surface area (Å²) in [6.07, 6.45) is 8.31. The van der Waals surface area contributed by atoms with Gasteiger partial charge in [-0.3, -0.25) is 4.90 Å². The minimum absolute atomic E-state index is 0.443. The Hall–Kier alpha value is -0.120. The molecule has 2 rings (SSSR count). The van der Waals surface area contributed by atoms with Crippen molar-refractivity contribution in [3.05, 3.63) is 0 Å². The predicted octanol–water partition coefficient (Wildman–Crippen LogP) is 1.74. The molecule has 17 heavy (non-hydrogen) atoms. The monoisotopic (exact) mass is 240 g/mol. The summed E-state index contributed by atoms with van der Waals surface area (Å²) in [6, 6.07) is 0.683. The van der Waals surface area contributed by atoms with E-state index in [-0.39, 0.29) is 0 Å². The Bertz CT molecular complexity index is 242. The van der Waals surface area contributed by atoms with Crippen molar-refractivity contribution >= 4 is 0 Å². The molecule has 0 amide bonds. The minimum Gasteiger partial charge on any atom is -0.390 e. The van der Waals surface area contributed by atoms with Gasteiger partial charge >= 0.3 is 0 Å². The molecule has 1 saturated carbocycles. The van der Waals surface area contributed by atoms with E-state index in [2.05, 4.69) is 4.90 Å². The molecule has 0 bridgehead atoms. The van der Waals surface area contributed by atoms with Crippen LogP contribution in [0.25, 0.3) is 0 Å². The van der Waals surface area contributed by atoms with Crippen molar-refractivity contribution in [1.29, 1.82) is 0 Å². The number of aliphatic hydroxyl groups is 1. The van der Waals surface area contributed by atoms with Crippen LogP contribution in [0.1, 0.15) is 51.9 Å². The van der Waals surface area contributed by atoms with E-state index in [1.54, 1.807) is 0 Å². The Balaban J connectivity index is 1.96. The fourth-order valence-corrected chi connectivity index (χ4v) is 3.56. The topological polar surface area (TPSA) is 49.5 Å². The van der Waals surface area contributed by atoms with Gasteiger partial charge in [0.1, 0.15) is 0 Å². The summed E-state index contributed by atoms with van der Waals surface area (Å²) in [5, 5.41) is 10.1. The smallest absolute Gasteiger partial charge is 0.0632 e. The first-order valence-electron chi connectivity index (χ1n) is 7.29. The van der Waals surface area contributed by atoms with Crippen molar-refractivity contribution in [2.75, 3.05) is 19.6 Å². The molecule has 1 aliphatic carbocycles. The van der Waals surface area contributed by atoms with Gasteiger partial charge in [0.2, 0.25) is 0 Å². The first-order valence-corrected chi connectivity index (χ1v) is 7.29. The van der Waals surface area contributed by atoms with E-state index in [0.29, 0.717) is 12.0 Å². The lowest BCUT2D eigenvalue weighted by atomic mass is 9.83. The van der Waals surface area contributed by atoms with Gasteiger partial charge in [0.25, 0.3) is 0 Å². The Morgan fingerprint density at radius 3 is 2.71 bits per heavy atom. The molecular formula is C14H28N2O. The molecule has 0 aromatic rings. The quantitative estimate of drug-likeness (QED) is 0.773. The van der Waals surface area contributed by atoms with E-state index in [1.807, 2.05) is 6.92 Å². The predicted molar refractivity (Wildman–Crippen MR) is 70.8 cm³/mol. The zero-order valence-electron chi connectivity index (χ0n) is 11.2. The molecule has 3 unspecified atom stereocenters. The molecule has 2 aliphatic rings. The number of hydrogen-bond acceptors (Lipinski definition) is 3. The molecular weight excluding hydrogens is 212 g/mol. The molecule has 3 heteroatoms. The summed E-state index contributed by atoms with van der Waals surface area (Å²) in [5.41, 5.74) is 5.47. The van der Waals surface area contributed by atoms with E-state index in [1.165, 1.54) is 25.7 Å². The molecule has 0 radical (unpaired) electrons. The van der Waals surface area contributed by atoms with Crippen molar-refractivity contribution < 1.29 is 5.11 Å². The molecule has 0 spiro atoms. The molecule has 0 aromatic heterocycles. The van der Waals surface area contributed by atoms with Crippen LogP contribution in [0.5, 0.6) is 0 Å². The van der Waals surface area contributed by atoms with Gasteiger partial charge in [0, 0.05) is 12.6 Å². The van der Waals surface area contributed by atoms with Crippen LogP contribution in [0.2, 0.25) is 0 Å². The van der Waals surface area contributed by atoms with Gasteiger partial charge < -0.3 is 10.8 Å². The number of rotatable bonds is 2. The maximum absolute atomic E-state index is 10.1. The van der Waals surface area contributed by atoms with Gasteiger partial charge in [0.15, 0.2) is 0 Å². The number of likely N-dealkylation sites (tertiary alicyclic amines) is 1. The summed E-state index contributed by atoms with van der Waals surface area (Å²) in [6.45, 7) is 5.01. The summed E-state index contributed by atoms with van der Waals surface area (Å²) < 4.78 is 0. The third-order valence-corrected chi connectivity index (χ3v) is 4.74. The van der Waals surface area contributed by atoms with Crippen LogP contribution < -0.4 is 5.73 Å². The molecule has 1 saturated heterocycles. The molecule has 3 N–H and O–H groups in total. The largest absolute Gasteiger partial charge is 0.390 e. The molecule has 0 aromatic carbocycles. The Kier molecular flexibility index (Phi) is 4.45. The van der Waals surface area contributed by atoms with Crippen molar-refractivity contribution in [3.8, 4) is 0 Å². The third kappa shape index (κ3) is 3.43. The average Bonchev–Trinajstić information content (AvgIpc) is 2.50. The normalized spacial score (nSPS) is 41.1. The van der Waals surface area contributed by atoms with E-state index in [0.717, 1.165) is 38.9 Å². The van der Waals surface area contributed by atoms with Crippen molar-refractivity contribution in [2.24, 2.45) is 11.7 Å². The SMILES string of the molecule is CC1(O)CCCN(C2CCCCC2CN)CC1. The number of hydrogen-bond donors (Lipinski definition) is 2. The van der Waals surface area contributed by atoms with Gasteiger partial charge in [0.05, 0.1) is 5.60 Å². The van der Waals surface area contributed by atoms with Crippen molar-refractivity contribution in [2.45, 2.75) is 63.5 Å². The lowest BCUT2D eigenvalue weighted by Gasteiger charge is -2.39. The highest BCUT2D eigenvalue weighted by Crippen LogP contribution is 2.31. The van der Waals surface area contributed by atoms with Crippen LogP contribution in [0.4, 0.5) is 0 Å². The number of nitrogens with zero attached hydrogens (tertiary/aromatic N) is 1. The van der Waals surface area contributed by atoms with Crippen LogP contribution >= 0.6 is 0 Å². The molecule has 1 heterocycles. The maximum Gasteiger partial charge on any atom is 0.0632 e. The summed E-state index contributed by atoms with van der Waals surface area (Å²) in [4.78, 5) is 2.61. The van der Waals surface area contributed by atoms with Gasteiger partial charge in [-0.1, -0.05) is 12.8 Å². The summed E-state index contributed by atoms with van der Waals surface area (Å²) in [7, 11) is 0. The Labute approximate surface area is 105 Å². The zero-order chi connectivity index (χ0) is 12.3. The van der Waals surface area contributed by atoms with E-state index in [9.17, 15) is 5.11 Å². The molecule has 3 nitrogen and oxygen atoms in total. The fourth-order valence-electron chi connectivity index (χ4n) is 3.56. The standard InChI is InChI=1S/C14H28N2O/c1-14(17)7-4-9-16(10-8-14)13-6-3-2-5-12(13)11-15/h12-13,17H,2-11,15H2,1H3. The van der Waals surface area contributed by atoms with Crippen LogP contribution in [-0.2, 0) is 0 Å². The second-order valence-electron chi connectivity index (χ2n) is 6.23. The molecule has 100 valence electrons. The highest BCUT2D eigenvalue weighted by molar-refractivity contribution is 4.87. The van der Waals surface area contributed by atoms with E-state index < -0.39 is 5.60 Å². The molecule has 2 fully saturated rings. The Morgan fingerprint density at radius 1 is 1.18 bits per heavy atom. The van der Waals surface area contributed by atoms with Gasteiger partial charge in [-0.25, -0.2) is 0 Å². The fraction of sp³-hybridized carbons (Fsp3) is 1.00. The highest BCUT2D eigenvalue weighted by Gasteiger charge is 2.32. The minimum atomic E-state index is -0.443. The maximum atomic E-state index is 10.1. The van der Waals surface area contributed by atoms with E-state index >= 15 is 0 Å². The van der Waals surface area contributed by atoms with Crippen LogP contribution in [-0.4, -0.2) is 41.3 Å². The molecule has 3 atom stereocenters. The zero-order valence-corrected chi connectivity index (χ0v) is 11.2. The number of nitrogens with two attached hydrogens (primary N) is 1. The lowest BCUT2D eigenvalue weighted by Crippen LogP contribution is -2.45. The Morgan fingerprint density at radius 2 is 1.94 bits per heavy atom. The highest BCUT2D eigenvalue weighted by atomic mass is 16.3. The van der Waals surface area contributed by atoms with E-state index in [4.69, 9.17) is 5.73 Å². The first-order chi connectivity index (χ1) is 8.12. The molecule has 1 aliphatic heterocycles. The summed E-state index contributed by atoms with van der Waals surface area (Å²) in [5.74, 6) is 0.687. The second kappa shape index (κ2) is 5.68. The van der Waals surface area contributed by atoms with Crippen LogP contribution in [0.15, 0.2) is 0 Å². The second-order valence-corrected chi connectivity index (χ2v) is 6.23. The summed E-state index contributed by atoms with van der Waals surface area (Å²) >= 11 is 0. The van der Waals surface area contributed by atoms with Crippen molar-refractivity contribution in [1.82, 2.24) is 4.90 Å². The van der Waals surface area contributed by atoms with Crippen LogP contribution in [0.3, 0.4) is 0 Å². The van der Waals surface area contributed by atoms with Gasteiger partial charge in [-0.05, 0) is 58.0 Å². The van der Waals surface area contributed by atoms with Crippen LogP contribution in [0, 0.1) is 5.92 Å². The first kappa shape index (κ1) is 13.3. The third-order valence-electron chi connectivity index (χ3n) is 4.74. The average molecular weight is 240 g/mol. The van der Waals surface area contributed by atoms with Crippen molar-refractivity contribution in [3.63, 3.8) is 0 Å². The van der Waals surface area contributed by atoms with Gasteiger partial charge in [-0.2, -0.15) is 0 Å². The lowest BCUT2D eigenvalue weighted by molar-refractivity contribution is 0.0391.